The Bertz CT molecular complexity index is 1970. The molecule has 7 aromatic rings. The number of rotatable bonds is 3. The normalized spacial score (nSPS) is 12.1. The van der Waals surface area contributed by atoms with E-state index in [1.54, 1.807) is 6.20 Å². The molecule has 0 aliphatic carbocycles. The minimum absolute atomic E-state index is 0.755. The van der Waals surface area contributed by atoms with E-state index >= 15 is 0 Å². The van der Waals surface area contributed by atoms with Gasteiger partial charge in [0.1, 0.15) is 5.65 Å². The van der Waals surface area contributed by atoms with Gasteiger partial charge in [-0.25, -0.2) is 9.97 Å². The fraction of sp³-hybridized carbons (Fsp3) is 0.0323. The van der Waals surface area contributed by atoms with Crippen LogP contribution >= 0.6 is 0 Å². The van der Waals surface area contributed by atoms with Gasteiger partial charge in [0.25, 0.3) is 0 Å². The zero-order valence-corrected chi connectivity index (χ0v) is 19.3. The van der Waals surface area contributed by atoms with Crippen molar-refractivity contribution in [1.82, 2.24) is 18.9 Å². The van der Waals surface area contributed by atoms with E-state index in [0.717, 1.165) is 44.6 Å². The summed E-state index contributed by atoms with van der Waals surface area (Å²) in [4.78, 5) is 9.55. The van der Waals surface area contributed by atoms with Crippen LogP contribution in [0.25, 0.3) is 67.2 Å². The molecule has 4 heteroatoms. The molecule has 0 radical (unpaired) electrons. The molecule has 0 spiro atoms. The molecule has 0 saturated carbocycles. The molecule has 0 N–H and O–H groups in total. The zero-order valence-electron chi connectivity index (χ0n) is 19.3. The second kappa shape index (κ2) is 7.40. The van der Waals surface area contributed by atoms with Gasteiger partial charge >= 0.3 is 0 Å². The third kappa shape index (κ3) is 2.68. The molecule has 0 unspecified atom stereocenters. The lowest BCUT2D eigenvalue weighted by atomic mass is 10.0. The number of pyridine rings is 2. The standard InChI is InChI=1S/C31H22N4/c1-3-11-21-24-18-23-22-14-8-9-15-27(22)35-28-16-10-17-32-30(28)33-31(35)25(23)19-29(24)34(26(21)4-2)20-12-6-5-7-13-20/h3-19H,2H2,1H3/b11-3-. The Labute approximate surface area is 202 Å². The molecule has 166 valence electrons. The van der Waals surface area contributed by atoms with Crippen LogP contribution in [0.4, 0.5) is 0 Å². The topological polar surface area (TPSA) is 35.1 Å². The lowest BCUT2D eigenvalue weighted by Crippen LogP contribution is -1.97. The predicted octanol–water partition coefficient (Wildman–Crippen LogP) is 7.81. The van der Waals surface area contributed by atoms with Crippen molar-refractivity contribution < 1.29 is 0 Å². The molecule has 0 aliphatic rings. The molecule has 0 amide bonds. The Balaban J connectivity index is 1.77. The van der Waals surface area contributed by atoms with Crippen molar-refractivity contribution in [3.8, 4) is 5.69 Å². The highest BCUT2D eigenvalue weighted by Crippen LogP contribution is 2.39. The minimum Gasteiger partial charge on any atom is -0.309 e. The number of aromatic nitrogens is 4. The second-order valence-electron chi connectivity index (χ2n) is 8.72. The van der Waals surface area contributed by atoms with Gasteiger partial charge in [0.05, 0.1) is 22.2 Å². The van der Waals surface area contributed by atoms with E-state index in [1.165, 1.54) is 21.7 Å². The number of allylic oxidation sites excluding steroid dienone is 1. The number of benzene rings is 3. The quantitative estimate of drug-likeness (QED) is 0.257. The highest BCUT2D eigenvalue weighted by atomic mass is 15.1. The number of imidazole rings is 1. The third-order valence-corrected chi connectivity index (χ3v) is 6.83. The number of hydrogen-bond donors (Lipinski definition) is 0. The van der Waals surface area contributed by atoms with Gasteiger partial charge in [0.2, 0.25) is 0 Å². The third-order valence-electron chi connectivity index (χ3n) is 6.83. The van der Waals surface area contributed by atoms with Gasteiger partial charge in [-0.1, -0.05) is 55.1 Å². The molecule has 7 rings (SSSR count). The number of nitrogens with zero attached hydrogens (tertiary/aromatic N) is 4. The monoisotopic (exact) mass is 450 g/mol. The number of para-hydroxylation sites is 2. The summed E-state index contributed by atoms with van der Waals surface area (Å²) in [7, 11) is 0. The highest BCUT2D eigenvalue weighted by molar-refractivity contribution is 6.18. The van der Waals surface area contributed by atoms with E-state index in [9.17, 15) is 0 Å². The predicted molar refractivity (Wildman–Crippen MR) is 147 cm³/mol. The molecule has 0 atom stereocenters. The minimum atomic E-state index is 0.755. The molecule has 4 nitrogen and oxygen atoms in total. The Morgan fingerprint density at radius 2 is 1.57 bits per heavy atom. The molecule has 3 aromatic carbocycles. The Morgan fingerprint density at radius 3 is 2.40 bits per heavy atom. The molecule has 0 saturated heterocycles. The summed E-state index contributed by atoms with van der Waals surface area (Å²) in [5.41, 5.74) is 8.30. The van der Waals surface area contributed by atoms with Crippen LogP contribution in [0.3, 0.4) is 0 Å². The van der Waals surface area contributed by atoms with Gasteiger partial charge in [-0.2, -0.15) is 0 Å². The van der Waals surface area contributed by atoms with Gasteiger partial charge in [0, 0.05) is 33.6 Å². The molecule has 4 heterocycles. The lowest BCUT2D eigenvalue weighted by molar-refractivity contribution is 1.11. The van der Waals surface area contributed by atoms with Crippen molar-refractivity contribution in [2.75, 3.05) is 0 Å². The first-order valence-corrected chi connectivity index (χ1v) is 11.8. The van der Waals surface area contributed by atoms with E-state index in [-0.39, 0.29) is 0 Å². The molecule has 35 heavy (non-hydrogen) atoms. The SMILES string of the molecule is C=Cc1c(/C=C\C)c2cc3c4ccccc4n4c5cccnc5nc4c3cc2n1-c1ccccc1. The van der Waals surface area contributed by atoms with E-state index < -0.39 is 0 Å². The molecule has 0 aliphatic heterocycles. The molecular weight excluding hydrogens is 428 g/mol. The fourth-order valence-electron chi connectivity index (χ4n) is 5.42. The number of hydrogen-bond acceptors (Lipinski definition) is 2. The van der Waals surface area contributed by atoms with Crippen molar-refractivity contribution in [2.45, 2.75) is 6.92 Å². The average molecular weight is 451 g/mol. The van der Waals surface area contributed by atoms with Gasteiger partial charge in [-0.05, 0) is 60.9 Å². The first-order valence-electron chi connectivity index (χ1n) is 11.8. The van der Waals surface area contributed by atoms with Crippen molar-refractivity contribution in [3.63, 3.8) is 0 Å². The van der Waals surface area contributed by atoms with Crippen LogP contribution in [0, 0.1) is 0 Å². The lowest BCUT2D eigenvalue weighted by Gasteiger charge is -2.11. The first-order chi connectivity index (χ1) is 17.3. The summed E-state index contributed by atoms with van der Waals surface area (Å²) in [6.45, 7) is 6.23. The van der Waals surface area contributed by atoms with Crippen molar-refractivity contribution in [1.29, 1.82) is 0 Å². The van der Waals surface area contributed by atoms with E-state index in [0.29, 0.717) is 0 Å². The maximum atomic E-state index is 5.00. The van der Waals surface area contributed by atoms with Crippen molar-refractivity contribution in [3.05, 3.63) is 109 Å². The van der Waals surface area contributed by atoms with Crippen LogP contribution in [0.1, 0.15) is 18.2 Å². The largest absolute Gasteiger partial charge is 0.309 e. The van der Waals surface area contributed by atoms with Gasteiger partial charge in [0.15, 0.2) is 5.65 Å². The summed E-state index contributed by atoms with van der Waals surface area (Å²) >= 11 is 0. The van der Waals surface area contributed by atoms with E-state index in [4.69, 9.17) is 4.98 Å². The molecular formula is C31H22N4. The van der Waals surface area contributed by atoms with Crippen LogP contribution in [-0.2, 0) is 0 Å². The highest BCUT2D eigenvalue weighted by Gasteiger charge is 2.19. The zero-order chi connectivity index (χ0) is 23.5. The van der Waals surface area contributed by atoms with E-state index in [1.807, 2.05) is 18.2 Å². The summed E-state index contributed by atoms with van der Waals surface area (Å²) < 4.78 is 4.53. The number of fused-ring (bicyclic) bond motifs is 9. The van der Waals surface area contributed by atoms with Crippen LogP contribution < -0.4 is 0 Å². The summed E-state index contributed by atoms with van der Waals surface area (Å²) in [5.74, 6) is 0. The van der Waals surface area contributed by atoms with Crippen LogP contribution in [0.2, 0.25) is 0 Å². The molecule has 0 fully saturated rings. The Hall–Kier alpha value is -4.70. The van der Waals surface area contributed by atoms with Gasteiger partial charge in [-0.3, -0.25) is 4.40 Å². The average Bonchev–Trinajstić information content (AvgIpc) is 3.44. The van der Waals surface area contributed by atoms with Gasteiger partial charge in [-0.15, -0.1) is 0 Å². The van der Waals surface area contributed by atoms with Crippen LogP contribution in [0.5, 0.6) is 0 Å². The Morgan fingerprint density at radius 1 is 0.771 bits per heavy atom. The van der Waals surface area contributed by atoms with Crippen molar-refractivity contribution >= 4 is 61.5 Å². The summed E-state index contributed by atoms with van der Waals surface area (Å²) in [6.07, 6.45) is 8.03. The summed E-state index contributed by atoms with van der Waals surface area (Å²) in [5, 5.41) is 4.67. The molecule has 0 bridgehead atoms. The molecule has 4 aromatic heterocycles. The summed E-state index contributed by atoms with van der Waals surface area (Å²) in [6, 6.07) is 27.7. The smallest absolute Gasteiger partial charge is 0.178 e. The van der Waals surface area contributed by atoms with Crippen LogP contribution in [-0.4, -0.2) is 18.9 Å². The maximum absolute atomic E-state index is 5.00. The van der Waals surface area contributed by atoms with Gasteiger partial charge < -0.3 is 4.57 Å². The van der Waals surface area contributed by atoms with E-state index in [2.05, 4.69) is 106 Å². The first kappa shape index (κ1) is 19.7. The van der Waals surface area contributed by atoms with Crippen LogP contribution in [0.15, 0.2) is 97.7 Å². The fourth-order valence-corrected chi connectivity index (χ4v) is 5.42. The van der Waals surface area contributed by atoms with Crippen molar-refractivity contribution in [2.24, 2.45) is 0 Å². The maximum Gasteiger partial charge on any atom is 0.178 e. The second-order valence-corrected chi connectivity index (χ2v) is 8.72. The Kier molecular flexibility index (Phi) is 4.18.